The van der Waals surface area contributed by atoms with E-state index in [0.29, 0.717) is 17.9 Å². The van der Waals surface area contributed by atoms with Gasteiger partial charge in [-0.3, -0.25) is 0 Å². The average molecular weight is 1160 g/mol. The maximum atomic E-state index is 4.16. The van der Waals surface area contributed by atoms with E-state index in [0.717, 1.165) is 29.9 Å². The summed E-state index contributed by atoms with van der Waals surface area (Å²) < 4.78 is 1.38. The standard InChI is InChI=1S/C81H83BN4S/c1-14-78(7,8)65-47-68-70(46-61(65)49(2)3)86(76-50(4)40-55(41-51(76)5)53-24-18-15-19-25-53)72-43-56(54-30-32-59(33-31-54)84(57-26-20-16-21-27-57)58-28-22-17-23-29-58)42-71-75(72)82(68)74-63-45-62-52(6)69-36-37-81(13,83-69)66(62)48-73(63)87-77(74)85(71)60-34-35-64-67(44-60)80(11,12)39-38-79(64,9)10/h15-35,40-49,52,69,83H,14,36-39H2,1-13H3. The fourth-order valence-corrected chi connectivity index (χ4v) is 17.7. The monoisotopic (exact) mass is 1150 g/mol. The molecule has 1 saturated heterocycles. The van der Waals surface area contributed by atoms with Crippen molar-refractivity contribution in [3.63, 3.8) is 0 Å². The Morgan fingerprint density at radius 3 is 1.82 bits per heavy atom. The molecule has 0 radical (unpaired) electrons. The van der Waals surface area contributed by atoms with E-state index in [2.05, 4.69) is 292 Å². The molecule has 6 heteroatoms. The van der Waals surface area contributed by atoms with E-state index in [4.69, 9.17) is 0 Å². The highest BCUT2D eigenvalue weighted by Crippen LogP contribution is 2.56. The fourth-order valence-electron chi connectivity index (χ4n) is 16.4. The zero-order chi connectivity index (χ0) is 60.2. The molecule has 3 unspecified atom stereocenters. The van der Waals surface area contributed by atoms with Gasteiger partial charge in [-0.2, -0.15) is 0 Å². The largest absolute Gasteiger partial charge is 0.311 e. The summed E-state index contributed by atoms with van der Waals surface area (Å²) in [5.41, 5.74) is 30.2. The summed E-state index contributed by atoms with van der Waals surface area (Å²) in [6, 6.07) is 70.9. The third-order valence-electron chi connectivity index (χ3n) is 21.8. The minimum atomic E-state index is -0.0570. The number of nitrogens with zero attached hydrogens (tertiary/aromatic N) is 3. The normalized spacial score (nSPS) is 19.4. The number of aryl methyl sites for hydroxylation is 2. The lowest BCUT2D eigenvalue weighted by Gasteiger charge is -2.46. The van der Waals surface area contributed by atoms with Crippen molar-refractivity contribution in [3.8, 4) is 22.3 Å². The van der Waals surface area contributed by atoms with Gasteiger partial charge in [0.15, 0.2) is 0 Å². The van der Waals surface area contributed by atoms with Gasteiger partial charge in [-0.25, -0.2) is 0 Å². The van der Waals surface area contributed by atoms with Gasteiger partial charge in [-0.1, -0.05) is 166 Å². The van der Waals surface area contributed by atoms with Crippen LogP contribution in [0.15, 0.2) is 182 Å². The Hall–Kier alpha value is -7.64. The van der Waals surface area contributed by atoms with Crippen molar-refractivity contribution in [2.24, 2.45) is 0 Å². The summed E-state index contributed by atoms with van der Waals surface area (Å²) in [6.45, 7) is 31.7. The maximum Gasteiger partial charge on any atom is 0.254 e. The first-order valence-corrected chi connectivity index (χ1v) is 33.2. The Labute approximate surface area is 522 Å². The van der Waals surface area contributed by atoms with Crippen molar-refractivity contribution >= 4 is 95.0 Å². The molecule has 1 fully saturated rings. The van der Waals surface area contributed by atoms with E-state index in [9.17, 15) is 0 Å². The van der Waals surface area contributed by atoms with Crippen molar-refractivity contribution in [1.82, 2.24) is 5.32 Å². The molecular weight excluding hydrogens is 1070 g/mol. The van der Waals surface area contributed by atoms with Gasteiger partial charge >= 0.3 is 0 Å². The fraction of sp³-hybridized carbons (Fsp3) is 0.309. The average Bonchev–Trinajstić information content (AvgIpc) is 1.69. The van der Waals surface area contributed by atoms with Crippen LogP contribution in [0.1, 0.15) is 165 Å². The number of hydrogen-bond donors (Lipinski definition) is 1. The number of hydrogen-bond acceptors (Lipinski definition) is 5. The topological polar surface area (TPSA) is 21.8 Å². The van der Waals surface area contributed by atoms with E-state index >= 15 is 0 Å². The molecule has 1 aliphatic carbocycles. The van der Waals surface area contributed by atoms with Crippen LogP contribution in [-0.2, 0) is 21.8 Å². The molecule has 5 aliphatic rings. The molecule has 0 amide bonds. The Balaban J connectivity index is 1.06. The molecule has 10 aromatic rings. The van der Waals surface area contributed by atoms with Crippen molar-refractivity contribution in [2.75, 3.05) is 14.7 Å². The van der Waals surface area contributed by atoms with Gasteiger partial charge in [0.1, 0.15) is 0 Å². The van der Waals surface area contributed by atoms with Crippen LogP contribution in [0, 0.1) is 13.8 Å². The first kappa shape index (κ1) is 55.9. The maximum absolute atomic E-state index is 4.16. The Kier molecular flexibility index (Phi) is 13.0. The number of fused-ring (bicyclic) bond motifs is 11. The van der Waals surface area contributed by atoms with Crippen LogP contribution < -0.4 is 36.4 Å². The highest BCUT2D eigenvalue weighted by atomic mass is 32.1. The van der Waals surface area contributed by atoms with Crippen molar-refractivity contribution in [2.45, 2.75) is 162 Å². The van der Waals surface area contributed by atoms with E-state index in [1.807, 2.05) is 11.3 Å². The number of rotatable bonds is 10. The minimum Gasteiger partial charge on any atom is -0.311 e. The van der Waals surface area contributed by atoms with Crippen LogP contribution in [0.25, 0.3) is 32.3 Å². The van der Waals surface area contributed by atoms with E-state index in [-0.39, 0.29) is 28.5 Å². The van der Waals surface area contributed by atoms with E-state index in [1.165, 1.54) is 146 Å². The number of thiophene rings is 1. The van der Waals surface area contributed by atoms with Crippen molar-refractivity contribution < 1.29 is 0 Å². The van der Waals surface area contributed by atoms with Crippen molar-refractivity contribution in [3.05, 3.63) is 226 Å². The van der Waals surface area contributed by atoms with Crippen LogP contribution in [0.3, 0.4) is 0 Å². The number of para-hydroxylation sites is 2. The lowest BCUT2D eigenvalue weighted by molar-refractivity contribution is 0.332. The SMILES string of the molecule is CCC(C)(C)c1cc2c(cc1C(C)C)N(c1c(C)cc(-c3ccccc3)cc1C)c1cc(-c3ccc(N(c4ccccc4)c4ccccc4)cc3)cc3c1B2c1c(sc2cc4c(cc12)C(C)C1CCC4(C)N1)N3c1ccc2c(c1)C(C)(C)CCC2(C)C. The molecule has 2 bridgehead atoms. The molecule has 3 atom stereocenters. The zero-order valence-corrected chi connectivity index (χ0v) is 54.2. The molecule has 1 aromatic heterocycles. The predicted octanol–water partition coefficient (Wildman–Crippen LogP) is 20.6. The van der Waals surface area contributed by atoms with Crippen LogP contribution >= 0.6 is 11.3 Å². The molecule has 87 heavy (non-hydrogen) atoms. The van der Waals surface area contributed by atoms with Gasteiger partial charge in [0.25, 0.3) is 6.71 Å². The molecule has 1 N–H and O–H groups in total. The van der Waals surface area contributed by atoms with Crippen molar-refractivity contribution in [1.29, 1.82) is 0 Å². The van der Waals surface area contributed by atoms with Gasteiger partial charge in [0.2, 0.25) is 0 Å². The third kappa shape index (κ3) is 8.76. The summed E-state index contributed by atoms with van der Waals surface area (Å²) in [5, 5.41) is 6.92. The summed E-state index contributed by atoms with van der Waals surface area (Å²) in [6.07, 6.45) is 5.75. The lowest BCUT2D eigenvalue weighted by Crippen LogP contribution is -2.61. The second-order valence-corrected chi connectivity index (χ2v) is 30.0. The summed E-state index contributed by atoms with van der Waals surface area (Å²) >= 11 is 2.03. The van der Waals surface area contributed by atoms with Gasteiger partial charge in [-0.05, 0) is 254 Å². The van der Waals surface area contributed by atoms with Gasteiger partial charge in [0.05, 0.1) is 10.7 Å². The lowest BCUT2D eigenvalue weighted by atomic mass is 9.33. The Morgan fingerprint density at radius 1 is 0.598 bits per heavy atom. The number of nitrogens with one attached hydrogen (secondary N) is 1. The summed E-state index contributed by atoms with van der Waals surface area (Å²) in [5.74, 6) is 0.722. The third-order valence-corrected chi connectivity index (χ3v) is 23.0. The highest BCUT2D eigenvalue weighted by molar-refractivity contribution is 7.26. The van der Waals surface area contributed by atoms with E-state index < -0.39 is 0 Å². The minimum absolute atomic E-state index is 0.0167. The first-order valence-electron chi connectivity index (χ1n) is 32.4. The van der Waals surface area contributed by atoms with E-state index in [1.54, 1.807) is 0 Å². The Bertz CT molecular complexity index is 4320. The molecule has 4 aliphatic heterocycles. The number of benzene rings is 9. The summed E-state index contributed by atoms with van der Waals surface area (Å²) in [4.78, 5) is 7.87. The Morgan fingerprint density at radius 2 is 1.18 bits per heavy atom. The first-order chi connectivity index (χ1) is 41.7. The summed E-state index contributed by atoms with van der Waals surface area (Å²) in [7, 11) is 0. The molecule has 15 rings (SSSR count). The molecule has 0 saturated carbocycles. The second kappa shape index (κ2) is 20.2. The second-order valence-electron chi connectivity index (χ2n) is 29.0. The molecule has 0 spiro atoms. The molecule has 4 nitrogen and oxygen atoms in total. The number of anilines is 9. The van der Waals surface area contributed by atoms with Gasteiger partial charge in [-0.15, -0.1) is 11.3 Å². The quantitative estimate of drug-likeness (QED) is 0.138. The predicted molar refractivity (Wildman–Crippen MR) is 375 cm³/mol. The van der Waals surface area contributed by atoms with Gasteiger partial charge < -0.3 is 20.0 Å². The molecule has 436 valence electrons. The zero-order valence-electron chi connectivity index (χ0n) is 53.4. The molecular formula is C81H83BN4S. The molecule has 5 heterocycles. The van der Waals surface area contributed by atoms with Crippen LogP contribution in [0.2, 0.25) is 0 Å². The van der Waals surface area contributed by atoms with Crippen LogP contribution in [0.5, 0.6) is 0 Å². The van der Waals surface area contributed by atoms with Gasteiger partial charge in [0, 0.05) is 56.1 Å². The van der Waals surface area contributed by atoms with Crippen LogP contribution in [-0.4, -0.2) is 12.8 Å². The van der Waals surface area contributed by atoms with Crippen LogP contribution in [0.4, 0.5) is 50.5 Å². The highest BCUT2D eigenvalue weighted by Gasteiger charge is 2.50. The smallest absolute Gasteiger partial charge is 0.254 e. The molecule has 9 aromatic carbocycles.